The predicted octanol–water partition coefficient (Wildman–Crippen LogP) is 2.51. The van der Waals surface area contributed by atoms with Gasteiger partial charge in [-0.3, -0.25) is 14.5 Å². The number of halogens is 1. The molecule has 1 heterocycles. The Morgan fingerprint density at radius 3 is 2.86 bits per heavy atom. The van der Waals surface area contributed by atoms with Crippen LogP contribution in [0.1, 0.15) is 32.6 Å². The maximum atomic E-state index is 12.3. The normalized spacial score (nSPS) is 21.5. The molecule has 1 fully saturated rings. The maximum absolute atomic E-state index is 12.3. The molecule has 0 saturated heterocycles. The molecule has 5 nitrogen and oxygen atoms in total. The van der Waals surface area contributed by atoms with Crippen LogP contribution in [0.15, 0.2) is 18.2 Å². The number of nitrogens with one attached hydrogen (secondary N) is 1. The third-order valence-electron chi connectivity index (χ3n) is 4.15. The van der Waals surface area contributed by atoms with Crippen molar-refractivity contribution in [1.82, 2.24) is 5.32 Å². The predicted molar refractivity (Wildman–Crippen MR) is 84.3 cm³/mol. The molecule has 1 unspecified atom stereocenters. The van der Waals surface area contributed by atoms with Crippen LogP contribution < -0.4 is 15.0 Å². The summed E-state index contributed by atoms with van der Waals surface area (Å²) in [5.41, 5.74) is 0.553. The molecule has 0 radical (unpaired) electrons. The van der Waals surface area contributed by atoms with E-state index in [1.165, 1.54) is 4.90 Å². The van der Waals surface area contributed by atoms with E-state index in [4.69, 9.17) is 16.3 Å². The first kappa shape index (κ1) is 15.2. The fraction of sp³-hybridized carbons (Fsp3) is 0.500. The Morgan fingerprint density at radius 1 is 1.41 bits per heavy atom. The SMILES string of the molecule is CC1Oc2ccc(Cl)cc2N(CC(=O)NC2CCCC2)C1=O. The molecule has 0 spiro atoms. The third-order valence-corrected chi connectivity index (χ3v) is 4.39. The molecule has 1 aromatic rings. The van der Waals surface area contributed by atoms with Crippen LogP contribution >= 0.6 is 11.6 Å². The van der Waals surface area contributed by atoms with Crippen LogP contribution in [0.4, 0.5) is 5.69 Å². The fourth-order valence-corrected chi connectivity index (χ4v) is 3.20. The van der Waals surface area contributed by atoms with Crippen molar-refractivity contribution >= 4 is 29.1 Å². The number of benzene rings is 1. The lowest BCUT2D eigenvalue weighted by Gasteiger charge is -2.32. The lowest BCUT2D eigenvalue weighted by atomic mass is 10.2. The summed E-state index contributed by atoms with van der Waals surface area (Å²) in [6.07, 6.45) is 3.73. The molecule has 0 aromatic heterocycles. The molecule has 1 N–H and O–H groups in total. The molecule has 1 atom stereocenters. The highest BCUT2D eigenvalue weighted by Crippen LogP contribution is 2.36. The van der Waals surface area contributed by atoms with Crippen LogP contribution in [0.5, 0.6) is 5.75 Å². The van der Waals surface area contributed by atoms with Crippen LogP contribution in [0.25, 0.3) is 0 Å². The van der Waals surface area contributed by atoms with E-state index in [0.717, 1.165) is 25.7 Å². The number of hydrogen-bond donors (Lipinski definition) is 1. The molecular weight excluding hydrogens is 304 g/mol. The van der Waals surface area contributed by atoms with Crippen LogP contribution in [0, 0.1) is 0 Å². The van der Waals surface area contributed by atoms with Crippen molar-refractivity contribution in [2.24, 2.45) is 0 Å². The summed E-state index contributed by atoms with van der Waals surface area (Å²) in [6, 6.07) is 5.32. The number of fused-ring (bicyclic) bond motifs is 1. The first-order valence-electron chi connectivity index (χ1n) is 7.61. The Bertz CT molecular complexity index is 599. The number of carbonyl (C=O) groups excluding carboxylic acids is 2. The molecule has 118 valence electrons. The molecule has 1 aliphatic heterocycles. The summed E-state index contributed by atoms with van der Waals surface area (Å²) in [7, 11) is 0. The molecule has 1 aliphatic carbocycles. The summed E-state index contributed by atoms with van der Waals surface area (Å²) in [5.74, 6) is 0.210. The Hall–Kier alpha value is -1.75. The summed E-state index contributed by atoms with van der Waals surface area (Å²) < 4.78 is 5.56. The highest BCUT2D eigenvalue weighted by molar-refractivity contribution is 6.31. The van der Waals surface area contributed by atoms with Gasteiger partial charge in [-0.2, -0.15) is 0 Å². The van der Waals surface area contributed by atoms with Gasteiger partial charge in [0.25, 0.3) is 5.91 Å². The molecule has 0 bridgehead atoms. The number of carbonyl (C=O) groups is 2. The quantitative estimate of drug-likeness (QED) is 0.930. The summed E-state index contributed by atoms with van der Waals surface area (Å²) in [6.45, 7) is 1.68. The third kappa shape index (κ3) is 3.04. The van der Waals surface area contributed by atoms with E-state index < -0.39 is 6.10 Å². The lowest BCUT2D eigenvalue weighted by Crippen LogP contribution is -2.49. The second-order valence-electron chi connectivity index (χ2n) is 5.85. The van der Waals surface area contributed by atoms with Gasteiger partial charge in [-0.25, -0.2) is 0 Å². The number of rotatable bonds is 3. The van der Waals surface area contributed by atoms with Crippen molar-refractivity contribution in [2.75, 3.05) is 11.4 Å². The van der Waals surface area contributed by atoms with Crippen molar-refractivity contribution in [3.63, 3.8) is 0 Å². The molecule has 3 rings (SSSR count). The van der Waals surface area contributed by atoms with Gasteiger partial charge in [0.2, 0.25) is 5.91 Å². The van der Waals surface area contributed by atoms with E-state index in [0.29, 0.717) is 16.5 Å². The van der Waals surface area contributed by atoms with Gasteiger partial charge in [-0.1, -0.05) is 24.4 Å². The molecule has 6 heteroatoms. The zero-order chi connectivity index (χ0) is 15.7. The molecule has 2 amide bonds. The summed E-state index contributed by atoms with van der Waals surface area (Å²) in [5, 5.41) is 3.51. The Kier molecular flexibility index (Phi) is 4.25. The van der Waals surface area contributed by atoms with E-state index in [1.807, 2.05) is 0 Å². The highest BCUT2D eigenvalue weighted by Gasteiger charge is 2.33. The number of amides is 2. The van der Waals surface area contributed by atoms with Crippen molar-refractivity contribution in [3.8, 4) is 5.75 Å². The molecule has 1 saturated carbocycles. The number of nitrogens with zero attached hydrogens (tertiary/aromatic N) is 1. The summed E-state index contributed by atoms with van der Waals surface area (Å²) >= 11 is 6.01. The summed E-state index contributed by atoms with van der Waals surface area (Å²) in [4.78, 5) is 26.0. The Morgan fingerprint density at radius 2 is 2.14 bits per heavy atom. The molecule has 1 aromatic carbocycles. The first-order chi connectivity index (χ1) is 10.5. The zero-order valence-corrected chi connectivity index (χ0v) is 13.2. The van der Waals surface area contributed by atoms with E-state index >= 15 is 0 Å². The number of hydrogen-bond acceptors (Lipinski definition) is 3. The minimum atomic E-state index is -0.604. The van der Waals surface area contributed by atoms with Crippen molar-refractivity contribution in [3.05, 3.63) is 23.2 Å². The van der Waals surface area contributed by atoms with Crippen LogP contribution in [0.2, 0.25) is 5.02 Å². The first-order valence-corrected chi connectivity index (χ1v) is 7.99. The minimum absolute atomic E-state index is 0.00360. The van der Waals surface area contributed by atoms with Crippen molar-refractivity contribution in [2.45, 2.75) is 44.8 Å². The van der Waals surface area contributed by atoms with E-state index in [-0.39, 0.29) is 24.4 Å². The van der Waals surface area contributed by atoms with Crippen LogP contribution in [-0.4, -0.2) is 30.5 Å². The topological polar surface area (TPSA) is 58.6 Å². The standard InChI is InChI=1S/C16H19ClN2O3/c1-10-16(21)19(9-15(20)18-12-4-2-3-5-12)13-8-11(17)6-7-14(13)22-10/h6-8,10,12H,2-5,9H2,1H3,(H,18,20). The molecule has 22 heavy (non-hydrogen) atoms. The second kappa shape index (κ2) is 6.16. The van der Waals surface area contributed by atoms with Gasteiger partial charge in [-0.05, 0) is 38.0 Å². The zero-order valence-electron chi connectivity index (χ0n) is 12.5. The number of anilines is 1. The smallest absolute Gasteiger partial charge is 0.268 e. The van der Waals surface area contributed by atoms with Gasteiger partial charge >= 0.3 is 0 Å². The minimum Gasteiger partial charge on any atom is -0.479 e. The van der Waals surface area contributed by atoms with Crippen LogP contribution in [0.3, 0.4) is 0 Å². The maximum Gasteiger partial charge on any atom is 0.268 e. The number of ether oxygens (including phenoxy) is 1. The van der Waals surface area contributed by atoms with Crippen LogP contribution in [-0.2, 0) is 9.59 Å². The van der Waals surface area contributed by atoms with E-state index in [2.05, 4.69) is 5.32 Å². The molecular formula is C16H19ClN2O3. The highest BCUT2D eigenvalue weighted by atomic mass is 35.5. The monoisotopic (exact) mass is 322 g/mol. The Labute approximate surface area is 134 Å². The Balaban J connectivity index is 1.77. The van der Waals surface area contributed by atoms with Crippen molar-refractivity contribution < 1.29 is 14.3 Å². The van der Waals surface area contributed by atoms with Gasteiger partial charge in [0.1, 0.15) is 12.3 Å². The van der Waals surface area contributed by atoms with Gasteiger partial charge in [-0.15, -0.1) is 0 Å². The van der Waals surface area contributed by atoms with E-state index in [9.17, 15) is 9.59 Å². The van der Waals surface area contributed by atoms with Gasteiger partial charge in [0, 0.05) is 11.1 Å². The largest absolute Gasteiger partial charge is 0.479 e. The van der Waals surface area contributed by atoms with E-state index in [1.54, 1.807) is 25.1 Å². The van der Waals surface area contributed by atoms with Gasteiger partial charge in [0.15, 0.2) is 6.10 Å². The average molecular weight is 323 g/mol. The fourth-order valence-electron chi connectivity index (χ4n) is 3.03. The second-order valence-corrected chi connectivity index (χ2v) is 6.28. The molecule has 2 aliphatic rings. The lowest BCUT2D eigenvalue weighted by molar-refractivity contribution is -0.128. The van der Waals surface area contributed by atoms with Gasteiger partial charge < -0.3 is 10.1 Å². The van der Waals surface area contributed by atoms with Crippen molar-refractivity contribution in [1.29, 1.82) is 0 Å². The average Bonchev–Trinajstić information content (AvgIpc) is 2.97. The van der Waals surface area contributed by atoms with Gasteiger partial charge in [0.05, 0.1) is 5.69 Å².